The number of hydrogen-bond acceptors (Lipinski definition) is 4. The van der Waals surface area contributed by atoms with Crippen LogP contribution >= 0.6 is 11.3 Å². The molecule has 1 fully saturated rings. The molecule has 5 nitrogen and oxygen atoms in total. The molecule has 0 radical (unpaired) electrons. The molecule has 0 bridgehead atoms. The van der Waals surface area contributed by atoms with Gasteiger partial charge in [0, 0.05) is 19.5 Å². The Kier molecular flexibility index (Phi) is 4.43. The molecule has 0 saturated carbocycles. The summed E-state index contributed by atoms with van der Waals surface area (Å²) < 4.78 is 0. The van der Waals surface area contributed by atoms with Gasteiger partial charge in [0.05, 0.1) is 16.7 Å². The summed E-state index contributed by atoms with van der Waals surface area (Å²) in [6.07, 6.45) is 0.357. The van der Waals surface area contributed by atoms with Crippen LogP contribution in [0.5, 0.6) is 0 Å². The average Bonchev–Trinajstić information content (AvgIpc) is 3.02. The molecule has 1 aromatic heterocycles. The third-order valence-corrected chi connectivity index (χ3v) is 4.95. The van der Waals surface area contributed by atoms with Gasteiger partial charge in [-0.1, -0.05) is 30.3 Å². The van der Waals surface area contributed by atoms with Crippen molar-refractivity contribution < 1.29 is 9.59 Å². The average molecular weight is 329 g/mol. The molecule has 0 unspecified atom stereocenters. The maximum Gasteiger partial charge on any atom is 0.263 e. The van der Waals surface area contributed by atoms with E-state index in [9.17, 15) is 9.59 Å². The first-order valence-electron chi connectivity index (χ1n) is 7.59. The smallest absolute Gasteiger partial charge is 0.263 e. The number of benzene rings is 1. The van der Waals surface area contributed by atoms with E-state index in [2.05, 4.69) is 10.3 Å². The van der Waals surface area contributed by atoms with Gasteiger partial charge in [0.1, 0.15) is 4.88 Å². The molecule has 23 heavy (non-hydrogen) atoms. The summed E-state index contributed by atoms with van der Waals surface area (Å²) in [5.74, 6) is -0.0520. The van der Waals surface area contributed by atoms with Crippen LogP contribution in [0.1, 0.15) is 32.4 Å². The standard InChI is InChI=1S/C17H19N3O2S/c1-11-16(23-12(2)18-11)17(22)19-14-8-15(21)20(10-14)9-13-6-4-3-5-7-13/h3-7,14H,8-10H2,1-2H3,(H,19,22)/t14-/m1/s1. The Labute approximate surface area is 139 Å². The lowest BCUT2D eigenvalue weighted by Gasteiger charge is -2.17. The van der Waals surface area contributed by atoms with Crippen molar-refractivity contribution in [3.8, 4) is 0 Å². The Morgan fingerprint density at radius 2 is 2.09 bits per heavy atom. The minimum atomic E-state index is -0.138. The topological polar surface area (TPSA) is 62.3 Å². The van der Waals surface area contributed by atoms with Gasteiger partial charge in [0.25, 0.3) is 5.91 Å². The second-order valence-corrected chi connectivity index (χ2v) is 6.98. The molecule has 1 N–H and O–H groups in total. The molecule has 2 aromatic rings. The Morgan fingerprint density at radius 3 is 2.74 bits per heavy atom. The van der Waals surface area contributed by atoms with Crippen LogP contribution in [-0.4, -0.2) is 34.3 Å². The second kappa shape index (κ2) is 6.50. The minimum absolute atomic E-state index is 0.0800. The SMILES string of the molecule is Cc1nc(C)c(C(=O)N[C@@H]2CC(=O)N(Cc3ccccc3)C2)s1. The van der Waals surface area contributed by atoms with Crippen LogP contribution in [0, 0.1) is 13.8 Å². The number of aromatic nitrogens is 1. The lowest BCUT2D eigenvalue weighted by Crippen LogP contribution is -2.36. The normalized spacial score (nSPS) is 17.6. The van der Waals surface area contributed by atoms with E-state index in [-0.39, 0.29) is 17.9 Å². The molecule has 3 rings (SSSR count). The van der Waals surface area contributed by atoms with Gasteiger partial charge in [-0.15, -0.1) is 11.3 Å². The number of aryl methyl sites for hydroxylation is 2. The first-order chi connectivity index (χ1) is 11.0. The van der Waals surface area contributed by atoms with Gasteiger partial charge in [-0.3, -0.25) is 9.59 Å². The summed E-state index contributed by atoms with van der Waals surface area (Å²) in [6, 6.07) is 9.75. The molecule has 1 aliphatic rings. The van der Waals surface area contributed by atoms with Gasteiger partial charge < -0.3 is 10.2 Å². The highest BCUT2D eigenvalue weighted by Gasteiger charge is 2.31. The van der Waals surface area contributed by atoms with Gasteiger partial charge in [0.15, 0.2) is 0 Å². The summed E-state index contributed by atoms with van der Waals surface area (Å²) in [4.78, 5) is 31.2. The number of rotatable bonds is 4. The number of nitrogens with zero attached hydrogens (tertiary/aromatic N) is 2. The highest BCUT2D eigenvalue weighted by atomic mass is 32.1. The van der Waals surface area contributed by atoms with Crippen LogP contribution < -0.4 is 5.32 Å². The molecule has 0 aliphatic carbocycles. The summed E-state index contributed by atoms with van der Waals surface area (Å²) in [5, 5.41) is 3.84. The zero-order chi connectivity index (χ0) is 16.4. The lowest BCUT2D eigenvalue weighted by atomic mass is 10.2. The molecule has 2 amide bonds. The van der Waals surface area contributed by atoms with Crippen LogP contribution in [0.15, 0.2) is 30.3 Å². The number of thiazole rings is 1. The van der Waals surface area contributed by atoms with Gasteiger partial charge in [-0.05, 0) is 19.4 Å². The van der Waals surface area contributed by atoms with Gasteiger partial charge in [0.2, 0.25) is 5.91 Å². The fraction of sp³-hybridized carbons (Fsp3) is 0.353. The number of carbonyl (C=O) groups excluding carboxylic acids is 2. The van der Waals surface area contributed by atoms with E-state index in [1.54, 1.807) is 4.90 Å². The first-order valence-corrected chi connectivity index (χ1v) is 8.41. The van der Waals surface area contributed by atoms with E-state index >= 15 is 0 Å². The minimum Gasteiger partial charge on any atom is -0.346 e. The van der Waals surface area contributed by atoms with Crippen molar-refractivity contribution in [2.75, 3.05) is 6.54 Å². The highest BCUT2D eigenvalue weighted by molar-refractivity contribution is 7.13. The van der Waals surface area contributed by atoms with Crippen LogP contribution in [0.25, 0.3) is 0 Å². The molecule has 6 heteroatoms. The zero-order valence-corrected chi connectivity index (χ0v) is 14.0. The third-order valence-electron chi connectivity index (χ3n) is 3.88. The Hall–Kier alpha value is -2.21. The first kappa shape index (κ1) is 15.7. The number of carbonyl (C=O) groups is 2. The van der Waals surface area contributed by atoms with E-state index < -0.39 is 0 Å². The predicted molar refractivity (Wildman–Crippen MR) is 89.3 cm³/mol. The molecule has 120 valence electrons. The molecular weight excluding hydrogens is 310 g/mol. The maximum absolute atomic E-state index is 12.3. The largest absolute Gasteiger partial charge is 0.346 e. The molecule has 1 aromatic carbocycles. The van der Waals surface area contributed by atoms with Gasteiger partial charge >= 0.3 is 0 Å². The fourth-order valence-electron chi connectivity index (χ4n) is 2.82. The maximum atomic E-state index is 12.3. The van der Waals surface area contributed by atoms with Crippen molar-refractivity contribution in [1.29, 1.82) is 0 Å². The summed E-state index contributed by atoms with van der Waals surface area (Å²) >= 11 is 1.39. The van der Waals surface area contributed by atoms with Crippen LogP contribution in [0.3, 0.4) is 0 Å². The number of nitrogens with one attached hydrogen (secondary N) is 1. The second-order valence-electron chi connectivity index (χ2n) is 5.78. The van der Waals surface area contributed by atoms with Crippen molar-refractivity contribution in [1.82, 2.24) is 15.2 Å². The van der Waals surface area contributed by atoms with E-state index in [1.165, 1.54) is 11.3 Å². The van der Waals surface area contributed by atoms with Crippen molar-refractivity contribution in [2.45, 2.75) is 32.9 Å². The third kappa shape index (κ3) is 3.59. The van der Waals surface area contributed by atoms with E-state index in [1.807, 2.05) is 44.2 Å². The summed E-state index contributed by atoms with van der Waals surface area (Å²) in [7, 11) is 0. The Bertz CT molecular complexity index is 727. The Morgan fingerprint density at radius 1 is 1.35 bits per heavy atom. The molecular formula is C17H19N3O2S. The molecule has 1 atom stereocenters. The Balaban J connectivity index is 1.61. The lowest BCUT2D eigenvalue weighted by molar-refractivity contribution is -0.128. The van der Waals surface area contributed by atoms with E-state index in [0.29, 0.717) is 24.4 Å². The van der Waals surface area contributed by atoms with Crippen LogP contribution in [-0.2, 0) is 11.3 Å². The van der Waals surface area contributed by atoms with Gasteiger partial charge in [-0.2, -0.15) is 0 Å². The van der Waals surface area contributed by atoms with Crippen molar-refractivity contribution in [3.05, 3.63) is 51.5 Å². The number of likely N-dealkylation sites (tertiary alicyclic amines) is 1. The van der Waals surface area contributed by atoms with Crippen LogP contribution in [0.2, 0.25) is 0 Å². The highest BCUT2D eigenvalue weighted by Crippen LogP contribution is 2.19. The number of amides is 2. The van der Waals surface area contributed by atoms with Gasteiger partial charge in [-0.25, -0.2) is 4.98 Å². The van der Waals surface area contributed by atoms with Crippen molar-refractivity contribution in [2.24, 2.45) is 0 Å². The predicted octanol–water partition coefficient (Wildman–Crippen LogP) is 2.29. The molecule has 0 spiro atoms. The van der Waals surface area contributed by atoms with E-state index in [0.717, 1.165) is 16.3 Å². The van der Waals surface area contributed by atoms with Crippen LogP contribution in [0.4, 0.5) is 0 Å². The number of hydrogen-bond donors (Lipinski definition) is 1. The molecule has 2 heterocycles. The quantitative estimate of drug-likeness (QED) is 0.936. The van der Waals surface area contributed by atoms with Crippen molar-refractivity contribution in [3.63, 3.8) is 0 Å². The summed E-state index contributed by atoms with van der Waals surface area (Å²) in [5.41, 5.74) is 1.84. The molecule has 1 saturated heterocycles. The zero-order valence-electron chi connectivity index (χ0n) is 13.2. The van der Waals surface area contributed by atoms with Crippen molar-refractivity contribution >= 4 is 23.2 Å². The summed E-state index contributed by atoms with van der Waals surface area (Å²) in [6.45, 7) is 4.86. The monoisotopic (exact) mass is 329 g/mol. The van der Waals surface area contributed by atoms with E-state index in [4.69, 9.17) is 0 Å². The fourth-order valence-corrected chi connectivity index (χ4v) is 3.64. The molecule has 1 aliphatic heterocycles.